The number of likely N-dealkylation sites (N-methyl/N-ethyl adjacent to an activating group) is 1. The second kappa shape index (κ2) is 36.8. The van der Waals surface area contributed by atoms with Crippen LogP contribution in [0, 0.1) is 0 Å². The summed E-state index contributed by atoms with van der Waals surface area (Å²) >= 11 is 0. The molecule has 0 spiro atoms. The fourth-order valence-corrected chi connectivity index (χ4v) is 5.68. The maximum absolute atomic E-state index is 12.6. The summed E-state index contributed by atoms with van der Waals surface area (Å²) in [6, 6.07) is 0. The lowest BCUT2D eigenvalue weighted by Gasteiger charge is -2.24. The highest BCUT2D eigenvalue weighted by Crippen LogP contribution is 2.43. The molecule has 0 aliphatic rings. The first-order chi connectivity index (χ1) is 26.5. The lowest BCUT2D eigenvalue weighted by atomic mass is 10.1. The van der Waals surface area contributed by atoms with Crippen LogP contribution in [0.3, 0.4) is 0 Å². The van der Waals surface area contributed by atoms with Gasteiger partial charge in [-0.25, -0.2) is 4.57 Å². The van der Waals surface area contributed by atoms with Crippen molar-refractivity contribution in [3.05, 3.63) is 85.1 Å². The third-order valence-corrected chi connectivity index (χ3v) is 9.17. The van der Waals surface area contributed by atoms with Crippen molar-refractivity contribution >= 4 is 19.8 Å². The number of carbonyl (C=O) groups is 2. The number of allylic oxidation sites excluding steroid dienone is 14. The van der Waals surface area contributed by atoms with E-state index in [1.165, 1.54) is 32.1 Å². The predicted octanol–water partition coefficient (Wildman–Crippen LogP) is 11.6. The van der Waals surface area contributed by atoms with Crippen molar-refractivity contribution in [3.63, 3.8) is 0 Å². The summed E-state index contributed by atoms with van der Waals surface area (Å²) < 4.78 is 34.1. The number of hydrogen-bond acceptors (Lipinski definition) is 7. The van der Waals surface area contributed by atoms with Crippen molar-refractivity contribution in [2.24, 2.45) is 0 Å². The normalized spacial score (nSPS) is 14.5. The SMILES string of the molecule is CC/C=C\C/C=C\C/C=C\C/C=C\C/C=C\C/C=C\C/C=C\CCCC(=O)OC(COC(=O)CCCCCCCCCC)COP(=O)(O)OCC[N+](C)(C)C. The van der Waals surface area contributed by atoms with Crippen LogP contribution in [-0.4, -0.2) is 74.9 Å². The van der Waals surface area contributed by atoms with Gasteiger partial charge in [-0.1, -0.05) is 144 Å². The van der Waals surface area contributed by atoms with E-state index in [0.29, 0.717) is 23.9 Å². The maximum atomic E-state index is 12.6. The molecule has 0 heterocycles. The van der Waals surface area contributed by atoms with Gasteiger partial charge in [-0.15, -0.1) is 0 Å². The van der Waals surface area contributed by atoms with Crippen molar-refractivity contribution in [1.82, 2.24) is 0 Å². The number of hydrogen-bond donors (Lipinski definition) is 1. The van der Waals surface area contributed by atoms with E-state index in [2.05, 4.69) is 92.8 Å². The van der Waals surface area contributed by atoms with E-state index in [4.69, 9.17) is 18.5 Å². The minimum absolute atomic E-state index is 0.0168. The molecular formula is C45H77NO8P+. The Balaban J connectivity index is 4.45. The van der Waals surface area contributed by atoms with Gasteiger partial charge in [0.05, 0.1) is 27.7 Å². The van der Waals surface area contributed by atoms with Crippen LogP contribution < -0.4 is 0 Å². The number of carbonyl (C=O) groups excluding carboxylic acids is 2. The molecule has 1 N–H and O–H groups in total. The molecule has 0 aliphatic carbocycles. The van der Waals surface area contributed by atoms with Gasteiger partial charge in [0.25, 0.3) is 0 Å². The number of quaternary nitrogens is 1. The first-order valence-electron chi connectivity index (χ1n) is 20.8. The van der Waals surface area contributed by atoms with Gasteiger partial charge in [-0.3, -0.25) is 18.6 Å². The van der Waals surface area contributed by atoms with E-state index in [-0.39, 0.29) is 26.1 Å². The molecule has 2 atom stereocenters. The van der Waals surface area contributed by atoms with Gasteiger partial charge in [-0.2, -0.15) is 0 Å². The molecule has 0 amide bonds. The Kier molecular flexibility index (Phi) is 34.9. The first-order valence-corrected chi connectivity index (χ1v) is 22.3. The zero-order chi connectivity index (χ0) is 40.7. The predicted molar refractivity (Wildman–Crippen MR) is 229 cm³/mol. The molecule has 314 valence electrons. The zero-order valence-corrected chi connectivity index (χ0v) is 36.0. The van der Waals surface area contributed by atoms with Gasteiger partial charge in [-0.05, 0) is 64.2 Å². The molecule has 10 heteroatoms. The number of ether oxygens (including phenoxy) is 2. The van der Waals surface area contributed by atoms with Crippen LogP contribution in [0.4, 0.5) is 0 Å². The molecule has 0 radical (unpaired) electrons. The number of unbranched alkanes of at least 4 members (excludes halogenated alkanes) is 8. The second-order valence-electron chi connectivity index (χ2n) is 14.6. The first kappa shape index (κ1) is 52.2. The Hall–Kier alpha value is -2.81. The number of nitrogens with zero attached hydrogens (tertiary/aromatic N) is 1. The number of esters is 2. The summed E-state index contributed by atoms with van der Waals surface area (Å²) in [5.41, 5.74) is 0. The molecule has 0 aromatic heterocycles. The fraction of sp³-hybridized carbons (Fsp3) is 0.644. The van der Waals surface area contributed by atoms with Crippen LogP contribution in [0.5, 0.6) is 0 Å². The van der Waals surface area contributed by atoms with E-state index in [0.717, 1.165) is 64.2 Å². The summed E-state index contributed by atoms with van der Waals surface area (Å²) in [4.78, 5) is 35.1. The zero-order valence-electron chi connectivity index (χ0n) is 35.1. The molecule has 2 unspecified atom stereocenters. The molecule has 0 aromatic rings. The quantitative estimate of drug-likeness (QED) is 0.0220. The van der Waals surface area contributed by atoms with Crippen molar-refractivity contribution in [1.29, 1.82) is 0 Å². The van der Waals surface area contributed by atoms with Crippen LogP contribution in [0.1, 0.15) is 136 Å². The van der Waals surface area contributed by atoms with Gasteiger partial charge in [0.2, 0.25) is 0 Å². The van der Waals surface area contributed by atoms with E-state index in [1.807, 2.05) is 27.2 Å². The summed E-state index contributed by atoms with van der Waals surface area (Å²) in [7, 11) is 1.42. The Bertz CT molecular complexity index is 1210. The van der Waals surface area contributed by atoms with Crippen LogP contribution in [0.25, 0.3) is 0 Å². The standard InChI is InChI=1S/C45H76NO8P/c1-6-8-10-12-14-16-17-18-19-20-21-22-23-24-25-26-27-28-29-30-32-34-36-38-45(48)54-43(42-53-55(49,50)52-40-39-46(3,4)5)41-51-44(47)37-35-33-31-15-13-11-9-7-2/h8,10,14,16,18-19,21-22,24-25,27-28,30,32,43H,6-7,9,11-13,15,17,20,23,26,29,31,33-42H2,1-5H3/p+1/b10-8-,16-14-,19-18-,22-21-,25-24-,28-27-,32-30-. The highest BCUT2D eigenvalue weighted by atomic mass is 31.2. The highest BCUT2D eigenvalue weighted by Gasteiger charge is 2.27. The molecule has 0 bridgehead atoms. The Morgan fingerprint density at radius 3 is 1.53 bits per heavy atom. The van der Waals surface area contributed by atoms with Crippen LogP contribution >= 0.6 is 7.82 Å². The lowest BCUT2D eigenvalue weighted by Crippen LogP contribution is -2.37. The molecule has 0 saturated carbocycles. The van der Waals surface area contributed by atoms with Gasteiger partial charge >= 0.3 is 19.8 Å². The lowest BCUT2D eigenvalue weighted by molar-refractivity contribution is -0.870. The highest BCUT2D eigenvalue weighted by molar-refractivity contribution is 7.47. The Morgan fingerprint density at radius 1 is 0.582 bits per heavy atom. The molecule has 55 heavy (non-hydrogen) atoms. The van der Waals surface area contributed by atoms with Gasteiger partial charge in [0.15, 0.2) is 6.10 Å². The maximum Gasteiger partial charge on any atom is 0.472 e. The van der Waals surface area contributed by atoms with Gasteiger partial charge < -0.3 is 18.9 Å². The average molecular weight is 791 g/mol. The van der Waals surface area contributed by atoms with Crippen molar-refractivity contribution in [2.75, 3.05) is 47.5 Å². The molecule has 0 aliphatic heterocycles. The van der Waals surface area contributed by atoms with Crippen molar-refractivity contribution in [2.45, 2.75) is 142 Å². The molecule has 0 saturated heterocycles. The fourth-order valence-electron chi connectivity index (χ4n) is 4.94. The summed E-state index contributed by atoms with van der Waals surface area (Å²) in [6.45, 7) is 4.17. The van der Waals surface area contributed by atoms with E-state index >= 15 is 0 Å². The minimum atomic E-state index is -4.39. The summed E-state index contributed by atoms with van der Waals surface area (Å²) in [5.74, 6) is -0.882. The van der Waals surface area contributed by atoms with E-state index < -0.39 is 32.5 Å². The van der Waals surface area contributed by atoms with Gasteiger partial charge in [0.1, 0.15) is 19.8 Å². The third kappa shape index (κ3) is 40.7. The van der Waals surface area contributed by atoms with Crippen molar-refractivity contribution < 1.29 is 42.1 Å². The smallest absolute Gasteiger partial charge is 0.462 e. The number of phosphoric ester groups is 1. The molecular weight excluding hydrogens is 713 g/mol. The Morgan fingerprint density at radius 2 is 1.04 bits per heavy atom. The van der Waals surface area contributed by atoms with Crippen LogP contribution in [0.2, 0.25) is 0 Å². The van der Waals surface area contributed by atoms with Crippen molar-refractivity contribution in [3.8, 4) is 0 Å². The third-order valence-electron chi connectivity index (χ3n) is 8.19. The average Bonchev–Trinajstić information content (AvgIpc) is 3.13. The molecule has 0 fully saturated rings. The van der Waals surface area contributed by atoms with E-state index in [1.54, 1.807) is 0 Å². The van der Waals surface area contributed by atoms with Crippen LogP contribution in [-0.2, 0) is 32.7 Å². The Labute approximate surface area is 335 Å². The number of phosphoric acid groups is 1. The molecule has 9 nitrogen and oxygen atoms in total. The monoisotopic (exact) mass is 791 g/mol. The van der Waals surface area contributed by atoms with Gasteiger partial charge in [0, 0.05) is 12.8 Å². The summed E-state index contributed by atoms with van der Waals surface area (Å²) in [5, 5.41) is 0. The number of rotatable bonds is 36. The minimum Gasteiger partial charge on any atom is -0.462 e. The van der Waals surface area contributed by atoms with E-state index in [9.17, 15) is 19.0 Å². The second-order valence-corrected chi connectivity index (χ2v) is 16.1. The molecule has 0 aromatic carbocycles. The van der Waals surface area contributed by atoms with Crippen LogP contribution in [0.15, 0.2) is 85.1 Å². The molecule has 0 rings (SSSR count). The topological polar surface area (TPSA) is 108 Å². The largest absolute Gasteiger partial charge is 0.472 e. The summed E-state index contributed by atoms with van der Waals surface area (Å²) in [6.07, 6.45) is 46.6.